The highest BCUT2D eigenvalue weighted by atomic mass is 19.1. The van der Waals surface area contributed by atoms with Crippen molar-refractivity contribution in [2.75, 3.05) is 31.6 Å². The molecule has 4 aromatic rings. The predicted molar refractivity (Wildman–Crippen MR) is 111 cm³/mol. The van der Waals surface area contributed by atoms with Gasteiger partial charge in [-0.3, -0.25) is 9.58 Å². The molecule has 0 atom stereocenters. The number of hydrogen-bond acceptors (Lipinski definition) is 6. The smallest absolute Gasteiger partial charge is 0.229 e. The molecule has 1 N–H and O–H groups in total. The number of morpholine rings is 1. The van der Waals surface area contributed by atoms with Gasteiger partial charge in [0.25, 0.3) is 0 Å². The average molecular weight is 425 g/mol. The number of aryl methyl sites for hydroxylation is 1. The third-order valence-corrected chi connectivity index (χ3v) is 5.28. The van der Waals surface area contributed by atoms with Crippen LogP contribution in [0.2, 0.25) is 0 Å². The third-order valence-electron chi connectivity index (χ3n) is 5.28. The molecule has 1 aliphatic heterocycles. The molecule has 3 aromatic heterocycles. The van der Waals surface area contributed by atoms with Crippen LogP contribution in [0.1, 0.15) is 5.56 Å². The fourth-order valence-corrected chi connectivity index (χ4v) is 3.66. The highest BCUT2D eigenvalue weighted by molar-refractivity contribution is 5.78. The Kier molecular flexibility index (Phi) is 5.08. The van der Waals surface area contributed by atoms with Crippen LogP contribution in [-0.4, -0.2) is 55.5 Å². The third kappa shape index (κ3) is 3.99. The number of nitrogens with zero attached hydrogens (tertiary/aromatic N) is 6. The maximum atomic E-state index is 14.9. The first-order valence-electron chi connectivity index (χ1n) is 9.95. The first-order valence-corrected chi connectivity index (χ1v) is 9.95. The molecule has 0 spiro atoms. The molecule has 0 saturated carbocycles. The molecule has 0 amide bonds. The van der Waals surface area contributed by atoms with Gasteiger partial charge in [-0.2, -0.15) is 10.1 Å². The molecule has 1 saturated heterocycles. The summed E-state index contributed by atoms with van der Waals surface area (Å²) in [6.07, 6.45) is 6.84. The summed E-state index contributed by atoms with van der Waals surface area (Å²) in [6.45, 7) is 2.69. The summed E-state index contributed by atoms with van der Waals surface area (Å²) < 4.78 is 38.3. The van der Waals surface area contributed by atoms with E-state index in [1.807, 2.05) is 11.9 Å². The van der Waals surface area contributed by atoms with Crippen molar-refractivity contribution in [1.82, 2.24) is 29.2 Å². The van der Waals surface area contributed by atoms with Crippen molar-refractivity contribution in [3.63, 3.8) is 0 Å². The van der Waals surface area contributed by atoms with E-state index >= 15 is 0 Å². The van der Waals surface area contributed by atoms with Crippen LogP contribution in [-0.2, 0) is 18.3 Å². The molecule has 0 unspecified atom stereocenters. The lowest BCUT2D eigenvalue weighted by Crippen LogP contribution is -2.36. The van der Waals surface area contributed by atoms with Crippen LogP contribution in [0, 0.1) is 11.6 Å². The van der Waals surface area contributed by atoms with Crippen LogP contribution in [0.3, 0.4) is 0 Å². The zero-order valence-corrected chi connectivity index (χ0v) is 16.9. The summed E-state index contributed by atoms with van der Waals surface area (Å²) in [4.78, 5) is 10.8. The molecule has 31 heavy (non-hydrogen) atoms. The van der Waals surface area contributed by atoms with Crippen molar-refractivity contribution in [1.29, 1.82) is 0 Å². The summed E-state index contributed by atoms with van der Waals surface area (Å²) in [7, 11) is 1.81. The Labute approximate surface area is 177 Å². The van der Waals surface area contributed by atoms with Gasteiger partial charge in [-0.05, 0) is 18.2 Å². The lowest BCUT2D eigenvalue weighted by molar-refractivity contribution is 0.0332. The SMILES string of the molecule is Cn1cc(Nc2ncc3ccn(-c4cc(F)c(CN5CCOCC5)c(F)c4)c3n2)cn1. The maximum absolute atomic E-state index is 14.9. The molecule has 8 nitrogen and oxygen atoms in total. The van der Waals surface area contributed by atoms with Crippen LogP contribution in [0.5, 0.6) is 0 Å². The van der Waals surface area contributed by atoms with E-state index in [0.29, 0.717) is 43.6 Å². The predicted octanol–water partition coefficient (Wildman–Crippen LogP) is 3.01. The second kappa shape index (κ2) is 8.05. The zero-order chi connectivity index (χ0) is 21.4. The van der Waals surface area contributed by atoms with Gasteiger partial charge in [0.15, 0.2) is 0 Å². The number of halogens is 2. The number of fused-ring (bicyclic) bond motifs is 1. The second-order valence-corrected chi connectivity index (χ2v) is 7.46. The number of aromatic nitrogens is 5. The first kappa shape index (κ1) is 19.6. The number of benzene rings is 1. The van der Waals surface area contributed by atoms with E-state index in [9.17, 15) is 8.78 Å². The number of rotatable bonds is 5. The van der Waals surface area contributed by atoms with Gasteiger partial charge in [0, 0.05) is 56.2 Å². The number of anilines is 2. The van der Waals surface area contributed by atoms with E-state index in [1.54, 1.807) is 40.1 Å². The average Bonchev–Trinajstić information content (AvgIpc) is 3.37. The standard InChI is InChI=1S/C21H21F2N7O/c1-28-12-15(11-25-28)26-21-24-10-14-2-3-30(20(14)27-21)16-8-18(22)17(19(23)9-16)13-29-4-6-31-7-5-29/h2-3,8-12H,4-7,13H2,1H3,(H,24,26,27). The number of nitrogens with one attached hydrogen (secondary N) is 1. The van der Waals surface area contributed by atoms with Crippen molar-refractivity contribution in [3.8, 4) is 5.69 Å². The Morgan fingerprint density at radius 1 is 1.13 bits per heavy atom. The topological polar surface area (TPSA) is 73.0 Å². The molecule has 4 heterocycles. The summed E-state index contributed by atoms with van der Waals surface area (Å²) in [5.41, 5.74) is 1.71. The van der Waals surface area contributed by atoms with E-state index < -0.39 is 11.6 Å². The lowest BCUT2D eigenvalue weighted by Gasteiger charge is -2.27. The van der Waals surface area contributed by atoms with E-state index in [4.69, 9.17) is 4.74 Å². The monoisotopic (exact) mass is 425 g/mol. The van der Waals surface area contributed by atoms with E-state index in [0.717, 1.165) is 11.1 Å². The Bertz CT molecular complexity index is 1210. The minimum Gasteiger partial charge on any atom is -0.379 e. The molecule has 0 aliphatic carbocycles. The summed E-state index contributed by atoms with van der Waals surface area (Å²) >= 11 is 0. The number of hydrogen-bond donors (Lipinski definition) is 1. The lowest BCUT2D eigenvalue weighted by atomic mass is 10.1. The van der Waals surface area contributed by atoms with Gasteiger partial charge in [0.1, 0.15) is 17.3 Å². The fourth-order valence-electron chi connectivity index (χ4n) is 3.66. The van der Waals surface area contributed by atoms with Gasteiger partial charge in [0.2, 0.25) is 5.95 Å². The first-order chi connectivity index (χ1) is 15.1. The molecule has 5 rings (SSSR count). The van der Waals surface area contributed by atoms with Crippen molar-refractivity contribution >= 4 is 22.7 Å². The van der Waals surface area contributed by atoms with E-state index in [-0.39, 0.29) is 12.1 Å². The Balaban J connectivity index is 1.46. The van der Waals surface area contributed by atoms with Gasteiger partial charge in [0.05, 0.1) is 30.8 Å². The quantitative estimate of drug-likeness (QED) is 0.530. The van der Waals surface area contributed by atoms with Gasteiger partial charge in [-0.15, -0.1) is 0 Å². The van der Waals surface area contributed by atoms with Gasteiger partial charge >= 0.3 is 0 Å². The van der Waals surface area contributed by atoms with Gasteiger partial charge in [-0.1, -0.05) is 0 Å². The van der Waals surface area contributed by atoms with Crippen molar-refractivity contribution in [2.24, 2.45) is 7.05 Å². The van der Waals surface area contributed by atoms with E-state index in [2.05, 4.69) is 20.4 Å². The van der Waals surface area contributed by atoms with Crippen molar-refractivity contribution in [3.05, 3.63) is 60.2 Å². The Morgan fingerprint density at radius 3 is 2.61 bits per heavy atom. The fraction of sp³-hybridized carbons (Fsp3) is 0.286. The normalized spacial score (nSPS) is 14.9. The Morgan fingerprint density at radius 2 is 1.90 bits per heavy atom. The van der Waals surface area contributed by atoms with Crippen LogP contribution in [0.25, 0.3) is 16.7 Å². The molecule has 1 aromatic carbocycles. The maximum Gasteiger partial charge on any atom is 0.229 e. The highest BCUT2D eigenvalue weighted by Gasteiger charge is 2.18. The second-order valence-electron chi connectivity index (χ2n) is 7.46. The van der Waals surface area contributed by atoms with Crippen LogP contribution in [0.15, 0.2) is 43.0 Å². The molecule has 0 radical (unpaired) electrons. The van der Waals surface area contributed by atoms with Gasteiger partial charge < -0.3 is 14.6 Å². The molecular weight excluding hydrogens is 404 g/mol. The summed E-state index contributed by atoms with van der Waals surface area (Å²) in [5.74, 6) is -0.789. The molecule has 160 valence electrons. The zero-order valence-electron chi connectivity index (χ0n) is 16.9. The largest absolute Gasteiger partial charge is 0.379 e. The minimum absolute atomic E-state index is 0.0654. The Hall–Kier alpha value is -3.37. The molecule has 0 bridgehead atoms. The highest BCUT2D eigenvalue weighted by Crippen LogP contribution is 2.25. The molecule has 10 heteroatoms. The minimum atomic E-state index is -0.578. The molecular formula is C21H21F2N7O. The van der Waals surface area contributed by atoms with Crippen LogP contribution in [0.4, 0.5) is 20.4 Å². The van der Waals surface area contributed by atoms with Crippen molar-refractivity contribution < 1.29 is 13.5 Å². The van der Waals surface area contributed by atoms with Gasteiger partial charge in [-0.25, -0.2) is 13.8 Å². The van der Waals surface area contributed by atoms with Crippen molar-refractivity contribution in [2.45, 2.75) is 6.54 Å². The van der Waals surface area contributed by atoms with Crippen LogP contribution >= 0.6 is 0 Å². The summed E-state index contributed by atoms with van der Waals surface area (Å²) in [5, 5.41) is 7.94. The van der Waals surface area contributed by atoms with Crippen LogP contribution < -0.4 is 5.32 Å². The summed E-state index contributed by atoms with van der Waals surface area (Å²) in [6, 6.07) is 4.49. The number of ether oxygens (including phenoxy) is 1. The van der Waals surface area contributed by atoms with E-state index in [1.165, 1.54) is 12.1 Å². The molecule has 1 aliphatic rings. The molecule has 1 fully saturated rings.